The Morgan fingerprint density at radius 1 is 0.818 bits per heavy atom. The molecule has 0 aliphatic carbocycles. The molecule has 0 saturated heterocycles. The van der Waals surface area contributed by atoms with E-state index in [1.54, 1.807) is 0 Å². The Bertz CT molecular complexity index is 69.6. The van der Waals surface area contributed by atoms with Crippen molar-refractivity contribution < 1.29 is 0 Å². The van der Waals surface area contributed by atoms with Gasteiger partial charge in [0, 0.05) is 0 Å². The van der Waals surface area contributed by atoms with E-state index in [0.29, 0.717) is 0 Å². The molecule has 2 atom stereocenters. The smallest absolute Gasteiger partial charge is 0.0294 e. The molecule has 0 spiro atoms. The summed E-state index contributed by atoms with van der Waals surface area (Å²) in [7, 11) is 2.39. The van der Waals surface area contributed by atoms with Crippen molar-refractivity contribution in [2.45, 2.75) is 45.4 Å². The molecule has 0 radical (unpaired) electrons. The van der Waals surface area contributed by atoms with E-state index in [-0.39, 0.29) is 0 Å². The van der Waals surface area contributed by atoms with Gasteiger partial charge in [0.05, 0.1) is 0 Å². The molecule has 68 valence electrons. The minimum absolute atomic E-state index is 0.928. The normalized spacial score (nSPS) is 13.6. The van der Waals surface area contributed by atoms with Crippen molar-refractivity contribution in [1.82, 2.24) is 0 Å². The molecule has 0 aliphatic heterocycles. The zero-order valence-corrected chi connectivity index (χ0v) is 10.3. The average Bonchev–Trinajstić information content (AvgIpc) is 1.85. The summed E-state index contributed by atoms with van der Waals surface area (Å²) in [6, 6.07) is 0. The highest BCUT2D eigenvalue weighted by molar-refractivity contribution is 7.39. The molecule has 0 aliphatic rings. The molecule has 0 N–H and O–H groups in total. The second kappa shape index (κ2) is 7.51. The monoisotopic (exact) mass is 192 g/mol. The van der Waals surface area contributed by atoms with E-state index < -0.39 is 0 Å². The zero-order chi connectivity index (χ0) is 8.69. The van der Waals surface area contributed by atoms with Crippen LogP contribution in [0.1, 0.15) is 34.1 Å². The van der Waals surface area contributed by atoms with Gasteiger partial charge in [0.15, 0.2) is 0 Å². The van der Waals surface area contributed by atoms with Gasteiger partial charge >= 0.3 is 0 Å². The van der Waals surface area contributed by atoms with Crippen molar-refractivity contribution in [3.63, 3.8) is 0 Å². The van der Waals surface area contributed by atoms with E-state index in [9.17, 15) is 0 Å². The summed E-state index contributed by atoms with van der Waals surface area (Å²) in [5.74, 6) is 0. The van der Waals surface area contributed by atoms with Gasteiger partial charge in [0.1, 0.15) is 0 Å². The lowest BCUT2D eigenvalue weighted by atomic mass is 10.5. The van der Waals surface area contributed by atoms with E-state index in [0.717, 1.165) is 11.3 Å². The fraction of sp³-hybridized carbons (Fsp3) is 1.00. The lowest BCUT2D eigenvalue weighted by molar-refractivity contribution is 1.04. The second-order valence-corrected chi connectivity index (χ2v) is 7.70. The van der Waals surface area contributed by atoms with Gasteiger partial charge in [-0.1, -0.05) is 27.7 Å². The Morgan fingerprint density at radius 3 is 1.45 bits per heavy atom. The number of hydrogen-bond acceptors (Lipinski definition) is 0. The van der Waals surface area contributed by atoms with E-state index in [1.165, 1.54) is 35.9 Å². The van der Waals surface area contributed by atoms with Crippen LogP contribution in [-0.2, 0) is 0 Å². The highest BCUT2D eigenvalue weighted by Gasteiger charge is 1.95. The third-order valence-corrected chi connectivity index (χ3v) is 4.38. The van der Waals surface area contributed by atoms with Crippen molar-refractivity contribution in [1.29, 1.82) is 0 Å². The molecule has 0 fully saturated rings. The van der Waals surface area contributed by atoms with Gasteiger partial charge in [-0.2, -0.15) is 0 Å². The number of rotatable bonds is 6. The Labute approximate surface area is 75.5 Å². The molecule has 0 rings (SSSR count). The second-order valence-electron chi connectivity index (χ2n) is 3.57. The summed E-state index contributed by atoms with van der Waals surface area (Å²) in [5, 5.41) is 0. The van der Waals surface area contributed by atoms with Crippen LogP contribution in [0.4, 0.5) is 0 Å². The highest BCUT2D eigenvalue weighted by Crippen LogP contribution is 2.23. The van der Waals surface area contributed by atoms with Crippen molar-refractivity contribution in [2.75, 3.05) is 12.3 Å². The predicted octanol–water partition coefficient (Wildman–Crippen LogP) is 3.55. The van der Waals surface area contributed by atoms with Crippen LogP contribution in [0.5, 0.6) is 0 Å². The van der Waals surface area contributed by atoms with Crippen molar-refractivity contribution in [3.05, 3.63) is 0 Å². The van der Waals surface area contributed by atoms with Crippen LogP contribution in [0.25, 0.3) is 0 Å². The van der Waals surface area contributed by atoms with Crippen LogP contribution in [0.3, 0.4) is 0 Å². The molecule has 0 bridgehead atoms. The lowest BCUT2D eigenvalue weighted by Crippen LogP contribution is -1.90. The van der Waals surface area contributed by atoms with Gasteiger partial charge in [-0.3, -0.25) is 0 Å². The third kappa shape index (κ3) is 10.9. The van der Waals surface area contributed by atoms with Crippen LogP contribution in [0.15, 0.2) is 0 Å². The highest BCUT2D eigenvalue weighted by atomic mass is 31.1. The molecule has 2 heteroatoms. The van der Waals surface area contributed by atoms with Crippen LogP contribution in [-0.4, -0.2) is 23.6 Å². The maximum Gasteiger partial charge on any atom is -0.0294 e. The summed E-state index contributed by atoms with van der Waals surface area (Å²) in [4.78, 5) is 0. The third-order valence-electron chi connectivity index (χ3n) is 1.46. The van der Waals surface area contributed by atoms with Crippen molar-refractivity contribution in [2.24, 2.45) is 0 Å². The molecule has 0 saturated carbocycles. The molecule has 2 unspecified atom stereocenters. The zero-order valence-electron chi connectivity index (χ0n) is 8.28. The van der Waals surface area contributed by atoms with Gasteiger partial charge in [0.25, 0.3) is 0 Å². The number of hydrogen-bond donors (Lipinski definition) is 0. The molecule has 0 aromatic heterocycles. The first-order chi connectivity index (χ1) is 5.13. The molecular formula is C9H22P2. The molecule has 0 nitrogen and oxygen atoms in total. The summed E-state index contributed by atoms with van der Waals surface area (Å²) < 4.78 is 0. The van der Waals surface area contributed by atoms with Gasteiger partial charge in [0.2, 0.25) is 0 Å². The minimum Gasteiger partial charge on any atom is -0.119 e. The van der Waals surface area contributed by atoms with Gasteiger partial charge in [-0.05, 0) is 30.1 Å². The first-order valence-electron chi connectivity index (χ1n) is 4.59. The van der Waals surface area contributed by atoms with Crippen LogP contribution < -0.4 is 0 Å². The molecule has 0 aromatic rings. The Kier molecular flexibility index (Phi) is 8.09. The quantitative estimate of drug-likeness (QED) is 0.446. The minimum atomic E-state index is 0.928. The largest absolute Gasteiger partial charge is 0.119 e. The predicted molar refractivity (Wildman–Crippen MR) is 61.3 cm³/mol. The molecule has 0 amide bonds. The first-order valence-corrected chi connectivity index (χ1v) is 7.16. The fourth-order valence-corrected chi connectivity index (χ4v) is 3.14. The van der Waals surface area contributed by atoms with Crippen LogP contribution >= 0.6 is 17.2 Å². The maximum absolute atomic E-state index is 2.32. The van der Waals surface area contributed by atoms with Gasteiger partial charge in [-0.25, -0.2) is 0 Å². The van der Waals surface area contributed by atoms with Crippen LogP contribution in [0, 0.1) is 0 Å². The Balaban J connectivity index is 2.91. The molecule has 11 heavy (non-hydrogen) atoms. The maximum atomic E-state index is 2.32. The Morgan fingerprint density at radius 2 is 1.18 bits per heavy atom. The van der Waals surface area contributed by atoms with Gasteiger partial charge < -0.3 is 0 Å². The topological polar surface area (TPSA) is 0 Å². The average molecular weight is 192 g/mol. The molecular weight excluding hydrogens is 170 g/mol. The van der Waals surface area contributed by atoms with Crippen LogP contribution in [0.2, 0.25) is 0 Å². The lowest BCUT2D eigenvalue weighted by Gasteiger charge is -2.06. The Hall–Kier alpha value is 0.860. The summed E-state index contributed by atoms with van der Waals surface area (Å²) in [6.45, 7) is 9.29. The van der Waals surface area contributed by atoms with Crippen molar-refractivity contribution >= 4 is 17.2 Å². The fourth-order valence-electron chi connectivity index (χ4n) is 0.870. The molecule has 0 heterocycles. The SMILES string of the molecule is CC(C)PCCCPC(C)C. The summed E-state index contributed by atoms with van der Waals surface area (Å²) in [5.41, 5.74) is 1.86. The van der Waals surface area contributed by atoms with E-state index in [1.807, 2.05) is 0 Å². The molecule has 0 aromatic carbocycles. The first kappa shape index (κ1) is 11.9. The summed E-state index contributed by atoms with van der Waals surface area (Å²) in [6.07, 6.45) is 4.40. The summed E-state index contributed by atoms with van der Waals surface area (Å²) >= 11 is 0. The standard InChI is InChI=1S/C9H22P2/c1-8(2)10-6-5-7-11-9(3)4/h8-11H,5-7H2,1-4H3. The van der Waals surface area contributed by atoms with Crippen molar-refractivity contribution in [3.8, 4) is 0 Å². The van der Waals surface area contributed by atoms with E-state index >= 15 is 0 Å². The van der Waals surface area contributed by atoms with E-state index in [4.69, 9.17) is 0 Å². The van der Waals surface area contributed by atoms with Gasteiger partial charge in [-0.15, -0.1) is 17.2 Å². The van der Waals surface area contributed by atoms with E-state index in [2.05, 4.69) is 27.7 Å².